The van der Waals surface area contributed by atoms with Crippen LogP contribution in [-0.4, -0.2) is 16.0 Å². The van der Waals surface area contributed by atoms with Crippen molar-refractivity contribution in [3.63, 3.8) is 0 Å². The molecule has 0 atom stereocenters. The third-order valence-electron chi connectivity index (χ3n) is 3.44. The minimum atomic E-state index is 0.337. The van der Waals surface area contributed by atoms with Crippen molar-refractivity contribution in [1.82, 2.24) is 9.97 Å². The topological polar surface area (TPSA) is 63.8 Å². The SMILES string of the molecule is CC1(C)CCC(Nc2nc(N)ncc2I)CC1. The first-order valence-electron chi connectivity index (χ1n) is 6.01. The molecule has 0 aliphatic heterocycles. The van der Waals surface area contributed by atoms with Gasteiger partial charge in [-0.3, -0.25) is 0 Å². The van der Waals surface area contributed by atoms with Crippen LogP contribution in [0.3, 0.4) is 0 Å². The lowest BCUT2D eigenvalue weighted by Crippen LogP contribution is -2.30. The fourth-order valence-corrected chi connectivity index (χ4v) is 2.63. The van der Waals surface area contributed by atoms with Gasteiger partial charge in [-0.05, 0) is 53.7 Å². The molecule has 0 unspecified atom stereocenters. The molecule has 94 valence electrons. The van der Waals surface area contributed by atoms with Gasteiger partial charge < -0.3 is 11.1 Å². The Bertz CT molecular complexity index is 395. The number of halogens is 1. The molecule has 0 saturated heterocycles. The van der Waals surface area contributed by atoms with Crippen molar-refractivity contribution in [2.75, 3.05) is 11.1 Å². The summed E-state index contributed by atoms with van der Waals surface area (Å²) in [7, 11) is 0. The first kappa shape index (κ1) is 12.9. The number of hydrogen-bond donors (Lipinski definition) is 2. The fourth-order valence-electron chi connectivity index (χ4n) is 2.22. The van der Waals surface area contributed by atoms with Crippen LogP contribution in [0.4, 0.5) is 11.8 Å². The highest BCUT2D eigenvalue weighted by Crippen LogP contribution is 2.36. The van der Waals surface area contributed by atoms with Crippen molar-refractivity contribution in [3.05, 3.63) is 9.77 Å². The number of nitrogen functional groups attached to an aromatic ring is 1. The molecule has 1 saturated carbocycles. The largest absolute Gasteiger partial charge is 0.368 e. The van der Waals surface area contributed by atoms with E-state index in [1.807, 2.05) is 0 Å². The Morgan fingerprint density at radius 3 is 2.71 bits per heavy atom. The van der Waals surface area contributed by atoms with E-state index in [2.05, 4.69) is 51.7 Å². The third kappa shape index (κ3) is 3.43. The van der Waals surface area contributed by atoms with E-state index in [1.165, 1.54) is 25.7 Å². The number of hydrogen-bond acceptors (Lipinski definition) is 4. The molecule has 1 fully saturated rings. The number of nitrogens with zero attached hydrogens (tertiary/aromatic N) is 2. The molecule has 1 aromatic heterocycles. The van der Waals surface area contributed by atoms with Crippen molar-refractivity contribution >= 4 is 34.4 Å². The molecule has 0 radical (unpaired) electrons. The first-order valence-corrected chi connectivity index (χ1v) is 7.09. The second-order valence-corrected chi connectivity index (χ2v) is 6.67. The fraction of sp³-hybridized carbons (Fsp3) is 0.667. The molecule has 0 spiro atoms. The van der Waals surface area contributed by atoms with Gasteiger partial charge in [0.1, 0.15) is 5.82 Å². The van der Waals surface area contributed by atoms with E-state index >= 15 is 0 Å². The van der Waals surface area contributed by atoms with Gasteiger partial charge in [-0.2, -0.15) is 4.98 Å². The first-order chi connectivity index (χ1) is 7.96. The lowest BCUT2D eigenvalue weighted by molar-refractivity contribution is 0.232. The standard InChI is InChI=1S/C12H19IN4/c1-12(2)5-3-8(4-6-12)16-10-9(13)7-15-11(14)17-10/h7-8H,3-6H2,1-2H3,(H3,14,15,16,17). The van der Waals surface area contributed by atoms with Gasteiger partial charge in [-0.1, -0.05) is 13.8 Å². The lowest BCUT2D eigenvalue weighted by atomic mass is 9.75. The predicted molar refractivity (Wildman–Crippen MR) is 78.8 cm³/mol. The predicted octanol–water partition coefficient (Wildman–Crippen LogP) is 3.04. The van der Waals surface area contributed by atoms with Crippen molar-refractivity contribution in [2.24, 2.45) is 5.41 Å². The highest BCUT2D eigenvalue weighted by molar-refractivity contribution is 14.1. The minimum absolute atomic E-state index is 0.337. The van der Waals surface area contributed by atoms with E-state index in [4.69, 9.17) is 5.73 Å². The number of aromatic nitrogens is 2. The average Bonchev–Trinajstić information content (AvgIpc) is 2.26. The molecule has 1 aromatic rings. The summed E-state index contributed by atoms with van der Waals surface area (Å²) in [6, 6.07) is 0.519. The van der Waals surface area contributed by atoms with Crippen LogP contribution in [0.25, 0.3) is 0 Å². The van der Waals surface area contributed by atoms with E-state index in [-0.39, 0.29) is 0 Å². The number of anilines is 2. The summed E-state index contributed by atoms with van der Waals surface area (Å²) in [5.74, 6) is 1.21. The molecule has 4 nitrogen and oxygen atoms in total. The molecule has 1 heterocycles. The van der Waals surface area contributed by atoms with E-state index in [1.54, 1.807) is 6.20 Å². The molecule has 0 bridgehead atoms. The van der Waals surface area contributed by atoms with Crippen molar-refractivity contribution in [2.45, 2.75) is 45.6 Å². The Labute approximate surface area is 116 Å². The summed E-state index contributed by atoms with van der Waals surface area (Å²) in [4.78, 5) is 8.23. The minimum Gasteiger partial charge on any atom is -0.368 e. The summed E-state index contributed by atoms with van der Waals surface area (Å²) in [6.45, 7) is 4.69. The van der Waals surface area contributed by atoms with Crippen LogP contribution in [0, 0.1) is 8.99 Å². The molecular weight excluding hydrogens is 327 g/mol. The Balaban J connectivity index is 2.00. The van der Waals surface area contributed by atoms with Crippen LogP contribution >= 0.6 is 22.6 Å². The molecule has 1 aliphatic carbocycles. The maximum Gasteiger partial charge on any atom is 0.221 e. The van der Waals surface area contributed by atoms with Gasteiger partial charge in [0.05, 0.1) is 3.57 Å². The smallest absolute Gasteiger partial charge is 0.221 e. The number of nitrogens with one attached hydrogen (secondary N) is 1. The highest BCUT2D eigenvalue weighted by Gasteiger charge is 2.27. The Hall–Kier alpha value is -0.590. The molecule has 5 heteroatoms. The maximum absolute atomic E-state index is 5.61. The van der Waals surface area contributed by atoms with Gasteiger partial charge in [-0.15, -0.1) is 0 Å². The molecule has 17 heavy (non-hydrogen) atoms. The molecule has 2 rings (SSSR count). The van der Waals surface area contributed by atoms with E-state index < -0.39 is 0 Å². The number of nitrogens with two attached hydrogens (primary N) is 1. The average molecular weight is 346 g/mol. The second kappa shape index (κ2) is 4.96. The van der Waals surface area contributed by atoms with Gasteiger partial charge in [0, 0.05) is 12.2 Å². The molecule has 0 amide bonds. The maximum atomic E-state index is 5.61. The zero-order valence-corrected chi connectivity index (χ0v) is 12.5. The highest BCUT2D eigenvalue weighted by atomic mass is 127. The van der Waals surface area contributed by atoms with E-state index in [0.717, 1.165) is 9.39 Å². The van der Waals surface area contributed by atoms with E-state index in [0.29, 0.717) is 17.4 Å². The lowest BCUT2D eigenvalue weighted by Gasteiger charge is -2.34. The van der Waals surface area contributed by atoms with Crippen LogP contribution in [0.5, 0.6) is 0 Å². The molecular formula is C12H19IN4. The van der Waals surface area contributed by atoms with Gasteiger partial charge >= 0.3 is 0 Å². The van der Waals surface area contributed by atoms with Crippen LogP contribution in [0.1, 0.15) is 39.5 Å². The zero-order chi connectivity index (χ0) is 12.5. The van der Waals surface area contributed by atoms with E-state index in [9.17, 15) is 0 Å². The van der Waals surface area contributed by atoms with Crippen LogP contribution in [0.2, 0.25) is 0 Å². The van der Waals surface area contributed by atoms with Crippen LogP contribution in [-0.2, 0) is 0 Å². The molecule has 3 N–H and O–H groups in total. The number of rotatable bonds is 2. The Morgan fingerprint density at radius 2 is 2.06 bits per heavy atom. The monoisotopic (exact) mass is 346 g/mol. The van der Waals surface area contributed by atoms with Crippen molar-refractivity contribution in [3.8, 4) is 0 Å². The van der Waals surface area contributed by atoms with Crippen molar-refractivity contribution in [1.29, 1.82) is 0 Å². The van der Waals surface area contributed by atoms with Crippen LogP contribution < -0.4 is 11.1 Å². The second-order valence-electron chi connectivity index (χ2n) is 5.51. The third-order valence-corrected chi connectivity index (χ3v) is 4.23. The summed E-state index contributed by atoms with van der Waals surface area (Å²) in [5.41, 5.74) is 6.11. The molecule has 1 aliphatic rings. The summed E-state index contributed by atoms with van der Waals surface area (Å²) in [5, 5.41) is 3.49. The quantitative estimate of drug-likeness (QED) is 0.808. The normalized spacial score (nSPS) is 20.2. The zero-order valence-electron chi connectivity index (χ0n) is 10.3. The van der Waals surface area contributed by atoms with Gasteiger partial charge in [0.2, 0.25) is 5.95 Å². The van der Waals surface area contributed by atoms with Crippen molar-refractivity contribution < 1.29 is 0 Å². The Morgan fingerprint density at radius 1 is 1.41 bits per heavy atom. The van der Waals surface area contributed by atoms with Gasteiger partial charge in [0.15, 0.2) is 0 Å². The summed E-state index contributed by atoms with van der Waals surface area (Å²) >= 11 is 2.24. The van der Waals surface area contributed by atoms with Crippen LogP contribution in [0.15, 0.2) is 6.20 Å². The Kier molecular flexibility index (Phi) is 3.75. The molecule has 0 aromatic carbocycles. The summed E-state index contributed by atoms with van der Waals surface area (Å²) in [6.07, 6.45) is 6.70. The summed E-state index contributed by atoms with van der Waals surface area (Å²) < 4.78 is 1.03. The van der Waals surface area contributed by atoms with Gasteiger partial charge in [-0.25, -0.2) is 4.98 Å². The van der Waals surface area contributed by atoms with Gasteiger partial charge in [0.25, 0.3) is 0 Å².